The van der Waals surface area contributed by atoms with Gasteiger partial charge in [-0.05, 0) is 37.5 Å². The largest absolute Gasteiger partial charge is 0.478 e. The molecule has 1 heterocycles. The quantitative estimate of drug-likeness (QED) is 0.757. The summed E-state index contributed by atoms with van der Waals surface area (Å²) in [5.74, 6) is -0.920. The number of carboxylic acid groups (broad SMARTS) is 1. The van der Waals surface area contributed by atoms with Crippen molar-refractivity contribution in [2.24, 2.45) is 0 Å². The van der Waals surface area contributed by atoms with Crippen molar-refractivity contribution in [3.8, 4) is 11.3 Å². The van der Waals surface area contributed by atoms with Crippen LogP contribution in [0.25, 0.3) is 22.2 Å². The van der Waals surface area contributed by atoms with E-state index in [0.29, 0.717) is 16.6 Å². The first-order valence-corrected chi connectivity index (χ1v) is 7.75. The molecule has 0 fully saturated rings. The average molecular weight is 305 g/mol. The van der Waals surface area contributed by atoms with Crippen LogP contribution in [0.5, 0.6) is 0 Å². The van der Waals surface area contributed by atoms with E-state index >= 15 is 0 Å². The van der Waals surface area contributed by atoms with E-state index in [0.717, 1.165) is 28.6 Å². The standard InChI is InChI=1S/C20H19NO2/c1-4-14-6-5-7-16-17(20(22)23)11-18(21-19(14)16)15-9-8-12(2)10-13(15)3/h5-11H,4H2,1-3H3,(H,22,23). The molecule has 0 aliphatic rings. The lowest BCUT2D eigenvalue weighted by Gasteiger charge is -2.12. The van der Waals surface area contributed by atoms with Crippen molar-refractivity contribution in [2.75, 3.05) is 0 Å². The second-order valence-electron chi connectivity index (χ2n) is 5.85. The van der Waals surface area contributed by atoms with Gasteiger partial charge in [0.2, 0.25) is 0 Å². The molecule has 2 aromatic carbocycles. The second-order valence-corrected chi connectivity index (χ2v) is 5.85. The fourth-order valence-electron chi connectivity index (χ4n) is 3.01. The predicted molar refractivity (Wildman–Crippen MR) is 93.0 cm³/mol. The maximum absolute atomic E-state index is 11.7. The van der Waals surface area contributed by atoms with Gasteiger partial charge in [-0.3, -0.25) is 0 Å². The molecule has 3 nitrogen and oxygen atoms in total. The molecule has 0 spiro atoms. The third-order valence-electron chi connectivity index (χ3n) is 4.19. The molecule has 0 unspecified atom stereocenters. The van der Waals surface area contributed by atoms with Crippen LogP contribution in [0.4, 0.5) is 0 Å². The number of para-hydroxylation sites is 1. The number of aryl methyl sites for hydroxylation is 3. The Labute approximate surface area is 135 Å². The number of carbonyl (C=O) groups is 1. The van der Waals surface area contributed by atoms with Gasteiger partial charge >= 0.3 is 5.97 Å². The molecule has 0 radical (unpaired) electrons. The first-order valence-electron chi connectivity index (χ1n) is 7.75. The Bertz CT molecular complexity index is 913. The monoisotopic (exact) mass is 305 g/mol. The van der Waals surface area contributed by atoms with Crippen LogP contribution in [0.1, 0.15) is 34.0 Å². The van der Waals surface area contributed by atoms with E-state index in [4.69, 9.17) is 4.98 Å². The topological polar surface area (TPSA) is 50.2 Å². The molecule has 116 valence electrons. The van der Waals surface area contributed by atoms with E-state index in [-0.39, 0.29) is 0 Å². The highest BCUT2D eigenvalue weighted by Crippen LogP contribution is 2.29. The van der Waals surface area contributed by atoms with E-state index in [9.17, 15) is 9.90 Å². The Morgan fingerprint density at radius 1 is 1.13 bits per heavy atom. The van der Waals surface area contributed by atoms with Gasteiger partial charge in [0.1, 0.15) is 0 Å². The Balaban J connectivity index is 2.36. The van der Waals surface area contributed by atoms with Gasteiger partial charge < -0.3 is 5.11 Å². The zero-order chi connectivity index (χ0) is 16.6. The van der Waals surface area contributed by atoms with Crippen LogP contribution in [0.3, 0.4) is 0 Å². The zero-order valence-corrected chi connectivity index (χ0v) is 13.6. The lowest BCUT2D eigenvalue weighted by molar-refractivity contribution is 0.0699. The first-order chi connectivity index (χ1) is 11.0. The zero-order valence-electron chi connectivity index (χ0n) is 13.6. The summed E-state index contributed by atoms with van der Waals surface area (Å²) in [6.07, 6.45) is 0.819. The Morgan fingerprint density at radius 3 is 2.57 bits per heavy atom. The average Bonchev–Trinajstić information content (AvgIpc) is 2.53. The molecule has 23 heavy (non-hydrogen) atoms. The Morgan fingerprint density at radius 2 is 1.91 bits per heavy atom. The van der Waals surface area contributed by atoms with Gasteiger partial charge in [0.05, 0.1) is 16.8 Å². The van der Waals surface area contributed by atoms with Crippen molar-refractivity contribution in [3.63, 3.8) is 0 Å². The number of aromatic carboxylic acids is 1. The summed E-state index contributed by atoms with van der Waals surface area (Å²) in [5, 5.41) is 10.3. The molecule has 3 heteroatoms. The SMILES string of the molecule is CCc1cccc2c(C(=O)O)cc(-c3ccc(C)cc3C)nc12. The van der Waals surface area contributed by atoms with Crippen LogP contribution in [0.15, 0.2) is 42.5 Å². The number of nitrogens with zero attached hydrogens (tertiary/aromatic N) is 1. The van der Waals surface area contributed by atoms with Gasteiger partial charge in [-0.25, -0.2) is 9.78 Å². The molecule has 0 saturated carbocycles. The molecule has 1 N–H and O–H groups in total. The van der Waals surface area contributed by atoms with Crippen LogP contribution in [0.2, 0.25) is 0 Å². The number of hydrogen-bond acceptors (Lipinski definition) is 2. The Kier molecular flexibility index (Phi) is 3.87. The van der Waals surface area contributed by atoms with Crippen molar-refractivity contribution in [1.29, 1.82) is 0 Å². The molecule has 0 bridgehead atoms. The van der Waals surface area contributed by atoms with Crippen LogP contribution >= 0.6 is 0 Å². The van der Waals surface area contributed by atoms with Gasteiger partial charge in [0.25, 0.3) is 0 Å². The highest BCUT2D eigenvalue weighted by atomic mass is 16.4. The second kappa shape index (κ2) is 5.84. The highest BCUT2D eigenvalue weighted by molar-refractivity contribution is 6.04. The molecule has 1 aromatic heterocycles. The van der Waals surface area contributed by atoms with Crippen molar-refractivity contribution in [2.45, 2.75) is 27.2 Å². The van der Waals surface area contributed by atoms with Gasteiger partial charge in [0.15, 0.2) is 0 Å². The highest BCUT2D eigenvalue weighted by Gasteiger charge is 2.15. The van der Waals surface area contributed by atoms with Gasteiger partial charge in [-0.15, -0.1) is 0 Å². The van der Waals surface area contributed by atoms with Gasteiger partial charge in [-0.1, -0.05) is 48.9 Å². The fourth-order valence-corrected chi connectivity index (χ4v) is 3.01. The maximum Gasteiger partial charge on any atom is 0.336 e. The molecule has 0 amide bonds. The number of carboxylic acids is 1. The van der Waals surface area contributed by atoms with E-state index in [2.05, 4.69) is 13.0 Å². The van der Waals surface area contributed by atoms with E-state index in [1.54, 1.807) is 6.07 Å². The molecule has 3 rings (SSSR count). The lowest BCUT2D eigenvalue weighted by Crippen LogP contribution is -2.02. The molecular weight excluding hydrogens is 286 g/mol. The van der Waals surface area contributed by atoms with Gasteiger partial charge in [-0.2, -0.15) is 0 Å². The first kappa shape index (κ1) is 15.2. The number of pyridine rings is 1. The maximum atomic E-state index is 11.7. The van der Waals surface area contributed by atoms with Crippen LogP contribution < -0.4 is 0 Å². The van der Waals surface area contributed by atoms with Crippen LogP contribution in [-0.4, -0.2) is 16.1 Å². The normalized spacial score (nSPS) is 10.9. The molecule has 0 aliphatic heterocycles. The number of benzene rings is 2. The smallest absolute Gasteiger partial charge is 0.336 e. The van der Waals surface area contributed by atoms with Crippen LogP contribution in [-0.2, 0) is 6.42 Å². The van der Waals surface area contributed by atoms with E-state index in [1.807, 2.05) is 44.2 Å². The minimum absolute atomic E-state index is 0.306. The summed E-state index contributed by atoms with van der Waals surface area (Å²) >= 11 is 0. The van der Waals surface area contributed by atoms with E-state index < -0.39 is 5.97 Å². The minimum Gasteiger partial charge on any atom is -0.478 e. The van der Waals surface area contributed by atoms with E-state index in [1.165, 1.54) is 5.56 Å². The molecular formula is C20H19NO2. The molecule has 3 aromatic rings. The summed E-state index contributed by atoms with van der Waals surface area (Å²) in [6, 6.07) is 13.5. The van der Waals surface area contributed by atoms with Gasteiger partial charge in [0, 0.05) is 10.9 Å². The third kappa shape index (κ3) is 2.70. The Hall–Kier alpha value is -2.68. The summed E-state index contributed by atoms with van der Waals surface area (Å²) in [4.78, 5) is 16.5. The summed E-state index contributed by atoms with van der Waals surface area (Å²) in [6.45, 7) is 6.13. The summed E-state index contributed by atoms with van der Waals surface area (Å²) in [7, 11) is 0. The summed E-state index contributed by atoms with van der Waals surface area (Å²) in [5.41, 5.74) is 6.13. The number of hydrogen-bond donors (Lipinski definition) is 1. The predicted octanol–water partition coefficient (Wildman–Crippen LogP) is 4.78. The minimum atomic E-state index is -0.920. The molecule has 0 atom stereocenters. The third-order valence-corrected chi connectivity index (χ3v) is 4.19. The number of aromatic nitrogens is 1. The van der Waals surface area contributed by atoms with Crippen LogP contribution in [0, 0.1) is 13.8 Å². The van der Waals surface area contributed by atoms with Crippen molar-refractivity contribution in [1.82, 2.24) is 4.98 Å². The van der Waals surface area contributed by atoms with Crippen molar-refractivity contribution < 1.29 is 9.90 Å². The fraction of sp³-hybridized carbons (Fsp3) is 0.200. The molecule has 0 aliphatic carbocycles. The van der Waals surface area contributed by atoms with Crippen molar-refractivity contribution >= 4 is 16.9 Å². The number of fused-ring (bicyclic) bond motifs is 1. The number of rotatable bonds is 3. The molecule has 0 saturated heterocycles. The lowest BCUT2D eigenvalue weighted by atomic mass is 9.98. The van der Waals surface area contributed by atoms with Crippen molar-refractivity contribution in [3.05, 3.63) is 64.7 Å². The summed E-state index contributed by atoms with van der Waals surface area (Å²) < 4.78 is 0.